The maximum absolute atomic E-state index is 13.3. The zero-order valence-electron chi connectivity index (χ0n) is 8.09. The van der Waals surface area contributed by atoms with Gasteiger partial charge in [-0.15, -0.1) is 0 Å². The number of halogens is 2. The summed E-state index contributed by atoms with van der Waals surface area (Å²) in [4.78, 5) is 11.8. The molecular weight excluding hydrogens is 200 g/mol. The monoisotopic (exact) mass is 211 g/mol. The van der Waals surface area contributed by atoms with Crippen molar-refractivity contribution >= 4 is 5.78 Å². The molecule has 0 bridgehead atoms. The number of rotatable bonds is 2. The summed E-state index contributed by atoms with van der Waals surface area (Å²) in [6.45, 7) is 0. The van der Waals surface area contributed by atoms with E-state index in [0.29, 0.717) is 12.8 Å². The van der Waals surface area contributed by atoms with E-state index in [1.165, 1.54) is 12.1 Å². The number of benzene rings is 1. The number of nitrogens with two attached hydrogens (primary N) is 1. The van der Waals surface area contributed by atoms with Crippen molar-refractivity contribution in [2.45, 2.75) is 24.8 Å². The molecule has 0 saturated heterocycles. The van der Waals surface area contributed by atoms with Gasteiger partial charge in [-0.1, -0.05) is 6.07 Å². The molecule has 0 radical (unpaired) electrons. The number of Topliss-reactive ketones (excluding diaryl/α,β-unsaturated/α-hetero) is 1. The molecule has 0 aliphatic heterocycles. The van der Waals surface area contributed by atoms with Gasteiger partial charge in [-0.05, 0) is 31.4 Å². The van der Waals surface area contributed by atoms with Crippen molar-refractivity contribution in [2.75, 3.05) is 0 Å². The van der Waals surface area contributed by atoms with Gasteiger partial charge in [0.2, 0.25) is 0 Å². The highest BCUT2D eigenvalue weighted by atomic mass is 19.2. The zero-order valence-corrected chi connectivity index (χ0v) is 8.09. The molecule has 2 rings (SSSR count). The van der Waals surface area contributed by atoms with E-state index in [0.717, 1.165) is 12.5 Å². The Labute approximate surface area is 86.1 Å². The summed E-state index contributed by atoms with van der Waals surface area (Å²) in [5, 5.41) is 0. The molecule has 1 fully saturated rings. The average molecular weight is 211 g/mol. The molecule has 80 valence electrons. The van der Waals surface area contributed by atoms with Gasteiger partial charge in [0.1, 0.15) is 0 Å². The Hall–Kier alpha value is -1.29. The van der Waals surface area contributed by atoms with Crippen LogP contribution in [-0.2, 0) is 0 Å². The summed E-state index contributed by atoms with van der Waals surface area (Å²) < 4.78 is 26.2. The molecule has 2 N–H and O–H groups in total. The maximum Gasteiger partial charge on any atom is 0.185 e. The van der Waals surface area contributed by atoms with Crippen molar-refractivity contribution in [1.29, 1.82) is 0 Å². The molecule has 2 nitrogen and oxygen atoms in total. The van der Waals surface area contributed by atoms with Crippen LogP contribution in [0.5, 0.6) is 0 Å². The second-order valence-corrected chi connectivity index (χ2v) is 3.94. The highest BCUT2D eigenvalue weighted by molar-refractivity contribution is 6.03. The predicted octanol–water partition coefficient (Wildman–Crippen LogP) is 2.03. The van der Waals surface area contributed by atoms with Crippen LogP contribution in [0.3, 0.4) is 0 Å². The van der Waals surface area contributed by atoms with E-state index >= 15 is 0 Å². The molecule has 0 unspecified atom stereocenters. The number of hydrogen-bond acceptors (Lipinski definition) is 2. The van der Waals surface area contributed by atoms with Crippen molar-refractivity contribution in [3.8, 4) is 0 Å². The topological polar surface area (TPSA) is 43.1 Å². The van der Waals surface area contributed by atoms with Crippen molar-refractivity contribution in [3.05, 3.63) is 35.4 Å². The fourth-order valence-electron chi connectivity index (χ4n) is 1.73. The van der Waals surface area contributed by atoms with Crippen molar-refractivity contribution in [3.63, 3.8) is 0 Å². The first-order valence-electron chi connectivity index (χ1n) is 4.82. The number of carbonyl (C=O) groups excluding carboxylic acids is 1. The molecule has 1 aliphatic carbocycles. The first-order chi connectivity index (χ1) is 7.04. The lowest BCUT2D eigenvalue weighted by atomic mass is 9.72. The average Bonchev–Trinajstić information content (AvgIpc) is 2.18. The minimum Gasteiger partial charge on any atom is -0.319 e. The van der Waals surface area contributed by atoms with Gasteiger partial charge in [-0.3, -0.25) is 4.79 Å². The number of carbonyl (C=O) groups is 1. The van der Waals surface area contributed by atoms with Gasteiger partial charge in [0.25, 0.3) is 0 Å². The Morgan fingerprint density at radius 2 is 2.00 bits per heavy atom. The van der Waals surface area contributed by atoms with Gasteiger partial charge in [0, 0.05) is 0 Å². The van der Waals surface area contributed by atoms with Gasteiger partial charge in [-0.2, -0.15) is 0 Å². The summed E-state index contributed by atoms with van der Waals surface area (Å²) in [7, 11) is 0. The Kier molecular flexibility index (Phi) is 2.31. The smallest absolute Gasteiger partial charge is 0.185 e. The Morgan fingerprint density at radius 3 is 2.53 bits per heavy atom. The van der Waals surface area contributed by atoms with Crippen LogP contribution in [0, 0.1) is 11.6 Å². The van der Waals surface area contributed by atoms with Crippen LogP contribution >= 0.6 is 0 Å². The first kappa shape index (κ1) is 10.2. The quantitative estimate of drug-likeness (QED) is 0.760. The van der Waals surface area contributed by atoms with Crippen LogP contribution in [0.15, 0.2) is 18.2 Å². The van der Waals surface area contributed by atoms with E-state index in [9.17, 15) is 13.6 Å². The van der Waals surface area contributed by atoms with E-state index in [-0.39, 0.29) is 5.56 Å². The summed E-state index contributed by atoms with van der Waals surface area (Å²) >= 11 is 0. The highest BCUT2D eigenvalue weighted by Crippen LogP contribution is 2.33. The molecule has 0 aromatic heterocycles. The number of hydrogen-bond donors (Lipinski definition) is 1. The summed E-state index contributed by atoms with van der Waals surface area (Å²) in [6.07, 6.45) is 1.95. The molecule has 1 aromatic rings. The van der Waals surface area contributed by atoms with Crippen LogP contribution in [0.2, 0.25) is 0 Å². The molecule has 0 heterocycles. The Bertz CT molecular complexity index is 413. The third-order valence-corrected chi connectivity index (χ3v) is 2.89. The molecule has 1 aliphatic rings. The summed E-state index contributed by atoms with van der Waals surface area (Å²) in [5.41, 5.74) is 4.54. The van der Waals surface area contributed by atoms with Gasteiger partial charge in [0.05, 0.1) is 11.1 Å². The van der Waals surface area contributed by atoms with Crippen LogP contribution < -0.4 is 5.73 Å². The van der Waals surface area contributed by atoms with Crippen molar-refractivity contribution < 1.29 is 13.6 Å². The highest BCUT2D eigenvalue weighted by Gasteiger charge is 2.41. The summed E-state index contributed by atoms with van der Waals surface area (Å²) in [6, 6.07) is 3.57. The Balaban J connectivity index is 2.37. The fraction of sp³-hybridized carbons (Fsp3) is 0.364. The maximum atomic E-state index is 13.3. The van der Waals surface area contributed by atoms with E-state index in [1.54, 1.807) is 0 Å². The molecule has 15 heavy (non-hydrogen) atoms. The second-order valence-electron chi connectivity index (χ2n) is 3.94. The SMILES string of the molecule is NC1(C(=O)c2cccc(F)c2F)CCC1. The third-order valence-electron chi connectivity index (χ3n) is 2.89. The summed E-state index contributed by atoms with van der Waals surface area (Å²) in [5.74, 6) is -2.60. The molecule has 0 spiro atoms. The molecule has 0 amide bonds. The molecular formula is C11H11F2NO. The predicted molar refractivity (Wildman–Crippen MR) is 51.5 cm³/mol. The normalized spacial score (nSPS) is 18.3. The van der Waals surface area contributed by atoms with Crippen LogP contribution in [0.25, 0.3) is 0 Å². The molecule has 1 saturated carbocycles. The molecule has 0 atom stereocenters. The number of ketones is 1. The molecule has 4 heteroatoms. The van der Waals surface area contributed by atoms with Crippen LogP contribution in [-0.4, -0.2) is 11.3 Å². The zero-order chi connectivity index (χ0) is 11.1. The van der Waals surface area contributed by atoms with Gasteiger partial charge < -0.3 is 5.73 Å². The second kappa shape index (κ2) is 3.38. The largest absolute Gasteiger partial charge is 0.319 e. The van der Waals surface area contributed by atoms with E-state index < -0.39 is 23.0 Å². The lowest BCUT2D eigenvalue weighted by molar-refractivity contribution is 0.0795. The third kappa shape index (κ3) is 1.55. The van der Waals surface area contributed by atoms with Gasteiger partial charge in [-0.25, -0.2) is 8.78 Å². The van der Waals surface area contributed by atoms with Crippen LogP contribution in [0.1, 0.15) is 29.6 Å². The molecule has 1 aromatic carbocycles. The van der Waals surface area contributed by atoms with E-state index in [1.807, 2.05) is 0 Å². The van der Waals surface area contributed by atoms with E-state index in [4.69, 9.17) is 5.73 Å². The van der Waals surface area contributed by atoms with Crippen molar-refractivity contribution in [2.24, 2.45) is 5.73 Å². The fourth-order valence-corrected chi connectivity index (χ4v) is 1.73. The van der Waals surface area contributed by atoms with E-state index in [2.05, 4.69) is 0 Å². The minimum absolute atomic E-state index is 0.239. The Morgan fingerprint density at radius 1 is 1.33 bits per heavy atom. The standard InChI is InChI=1S/C11H11F2NO/c12-8-4-1-3-7(9(8)13)10(15)11(14)5-2-6-11/h1,3-4H,2,5-6,14H2. The lowest BCUT2D eigenvalue weighted by Crippen LogP contribution is -2.53. The van der Waals surface area contributed by atoms with Gasteiger partial charge in [0.15, 0.2) is 17.4 Å². The van der Waals surface area contributed by atoms with Gasteiger partial charge >= 0.3 is 0 Å². The van der Waals surface area contributed by atoms with Crippen molar-refractivity contribution in [1.82, 2.24) is 0 Å². The van der Waals surface area contributed by atoms with Crippen LogP contribution in [0.4, 0.5) is 8.78 Å². The first-order valence-corrected chi connectivity index (χ1v) is 4.82. The minimum atomic E-state index is -1.10. The lowest BCUT2D eigenvalue weighted by Gasteiger charge is -2.36.